The predicted molar refractivity (Wildman–Crippen MR) is 108 cm³/mol. The van der Waals surface area contributed by atoms with Crippen LogP contribution in [0.4, 0.5) is 0 Å². The number of aromatic nitrogens is 2. The van der Waals surface area contributed by atoms with E-state index in [1.54, 1.807) is 11.3 Å². The molecule has 0 spiro atoms. The Hall–Kier alpha value is -2.44. The van der Waals surface area contributed by atoms with Crippen LogP contribution in [0.2, 0.25) is 0 Å². The Balaban J connectivity index is 1.30. The summed E-state index contributed by atoms with van der Waals surface area (Å²) in [5.41, 5.74) is 8.30. The van der Waals surface area contributed by atoms with E-state index < -0.39 is 0 Å². The number of hydrogen-bond donors (Lipinski definition) is 2. The molecule has 2 aliphatic rings. The van der Waals surface area contributed by atoms with E-state index in [9.17, 15) is 4.79 Å². The van der Waals surface area contributed by atoms with Crippen LogP contribution in [0, 0.1) is 0 Å². The molecule has 3 aromatic rings. The maximum absolute atomic E-state index is 12.2. The molecule has 0 bridgehead atoms. The van der Waals surface area contributed by atoms with E-state index in [-0.39, 0.29) is 5.91 Å². The number of carbonyl (C=O) groups excluding carboxylic acids is 1. The summed E-state index contributed by atoms with van der Waals surface area (Å²) in [7, 11) is 0. The average molecular weight is 379 g/mol. The van der Waals surface area contributed by atoms with Gasteiger partial charge in [0.15, 0.2) is 0 Å². The van der Waals surface area contributed by atoms with Gasteiger partial charge in [-0.1, -0.05) is 12.1 Å². The van der Waals surface area contributed by atoms with Crippen LogP contribution in [0.1, 0.15) is 29.5 Å². The molecule has 0 radical (unpaired) electrons. The highest BCUT2D eigenvalue weighted by Crippen LogP contribution is 2.40. The van der Waals surface area contributed by atoms with Gasteiger partial charge in [0.1, 0.15) is 0 Å². The Labute approximate surface area is 162 Å². The van der Waals surface area contributed by atoms with Gasteiger partial charge in [0.05, 0.1) is 17.9 Å². The van der Waals surface area contributed by atoms with Gasteiger partial charge < -0.3 is 5.32 Å². The van der Waals surface area contributed by atoms with Crippen LogP contribution in [0.15, 0.2) is 35.0 Å². The second-order valence-corrected chi connectivity index (χ2v) is 8.15. The number of rotatable bonds is 5. The summed E-state index contributed by atoms with van der Waals surface area (Å²) in [6, 6.07) is 8.61. The molecule has 0 atom stereocenters. The zero-order chi connectivity index (χ0) is 18.2. The number of likely N-dealkylation sites (tertiary alicyclic amines) is 1. The number of nitrogens with zero attached hydrogens (tertiary/aromatic N) is 2. The molecule has 138 valence electrons. The number of thiophene rings is 1. The Bertz CT molecular complexity index is 970. The van der Waals surface area contributed by atoms with Crippen LogP contribution in [0.3, 0.4) is 0 Å². The van der Waals surface area contributed by atoms with E-state index in [2.05, 4.69) is 55.4 Å². The normalized spacial score (nSPS) is 15.7. The third-order valence-electron chi connectivity index (χ3n) is 5.53. The molecule has 0 saturated carbocycles. The first-order valence-electron chi connectivity index (χ1n) is 9.49. The summed E-state index contributed by atoms with van der Waals surface area (Å²) in [6.45, 7) is 3.17. The van der Waals surface area contributed by atoms with Crippen molar-refractivity contribution in [3.05, 3.63) is 51.7 Å². The van der Waals surface area contributed by atoms with Gasteiger partial charge in [-0.25, -0.2) is 0 Å². The molecule has 1 fully saturated rings. The molecule has 1 amide bonds. The number of aromatic amines is 1. The lowest BCUT2D eigenvalue weighted by Crippen LogP contribution is -2.35. The van der Waals surface area contributed by atoms with Gasteiger partial charge in [0.25, 0.3) is 0 Å². The van der Waals surface area contributed by atoms with Crippen molar-refractivity contribution in [2.45, 2.75) is 25.8 Å². The SMILES string of the molecule is O=C(CN1CCCC1)NCc1ccc2c(c1)-c1[nH]nc(-c3ccsc3)c1C2. The topological polar surface area (TPSA) is 61.0 Å². The summed E-state index contributed by atoms with van der Waals surface area (Å²) in [4.78, 5) is 14.4. The molecule has 2 aromatic heterocycles. The molecule has 6 heteroatoms. The van der Waals surface area contributed by atoms with Crippen LogP contribution >= 0.6 is 11.3 Å². The van der Waals surface area contributed by atoms with Gasteiger partial charge in [-0.3, -0.25) is 14.8 Å². The van der Waals surface area contributed by atoms with Gasteiger partial charge in [0.2, 0.25) is 5.91 Å². The Morgan fingerprint density at radius 3 is 2.96 bits per heavy atom. The highest BCUT2D eigenvalue weighted by atomic mass is 32.1. The van der Waals surface area contributed by atoms with E-state index in [1.807, 2.05) is 0 Å². The lowest BCUT2D eigenvalue weighted by Gasteiger charge is -2.14. The molecule has 27 heavy (non-hydrogen) atoms. The third kappa shape index (κ3) is 3.19. The Morgan fingerprint density at radius 2 is 2.15 bits per heavy atom. The maximum Gasteiger partial charge on any atom is 0.234 e. The number of benzene rings is 1. The smallest absolute Gasteiger partial charge is 0.234 e. The summed E-state index contributed by atoms with van der Waals surface area (Å²) in [5, 5.41) is 15.1. The summed E-state index contributed by atoms with van der Waals surface area (Å²) in [6.07, 6.45) is 3.32. The minimum atomic E-state index is 0.111. The van der Waals surface area contributed by atoms with Gasteiger partial charge >= 0.3 is 0 Å². The monoisotopic (exact) mass is 378 g/mol. The van der Waals surface area contributed by atoms with E-state index >= 15 is 0 Å². The molecule has 5 nitrogen and oxygen atoms in total. The molecule has 1 aliphatic carbocycles. The zero-order valence-corrected chi connectivity index (χ0v) is 15.9. The minimum Gasteiger partial charge on any atom is -0.351 e. The number of carbonyl (C=O) groups is 1. The van der Waals surface area contributed by atoms with Crippen LogP contribution < -0.4 is 5.32 Å². The van der Waals surface area contributed by atoms with Gasteiger partial charge in [-0.05, 0) is 54.6 Å². The highest BCUT2D eigenvalue weighted by Gasteiger charge is 2.25. The standard InChI is InChI=1S/C21H22N4OS/c26-19(12-25-6-1-2-7-25)22-11-14-3-4-15-10-18-20(16-5-8-27-13-16)23-24-21(18)17(15)9-14/h3-5,8-9,13H,1-2,6-7,10-12H2,(H,22,26)(H,23,24). The second-order valence-electron chi connectivity index (χ2n) is 7.37. The zero-order valence-electron chi connectivity index (χ0n) is 15.1. The van der Waals surface area contributed by atoms with Gasteiger partial charge in [0, 0.05) is 35.0 Å². The highest BCUT2D eigenvalue weighted by molar-refractivity contribution is 7.08. The van der Waals surface area contributed by atoms with Crippen molar-refractivity contribution in [3.63, 3.8) is 0 Å². The van der Waals surface area contributed by atoms with Crippen molar-refractivity contribution in [2.24, 2.45) is 0 Å². The van der Waals surface area contributed by atoms with E-state index in [4.69, 9.17) is 0 Å². The first-order chi connectivity index (χ1) is 13.3. The minimum absolute atomic E-state index is 0.111. The van der Waals surface area contributed by atoms with Crippen molar-refractivity contribution in [1.29, 1.82) is 0 Å². The number of fused-ring (bicyclic) bond motifs is 3. The summed E-state index contributed by atoms with van der Waals surface area (Å²) < 4.78 is 0. The quantitative estimate of drug-likeness (QED) is 0.559. The van der Waals surface area contributed by atoms with Crippen molar-refractivity contribution >= 4 is 17.2 Å². The molecule has 1 saturated heterocycles. The predicted octanol–water partition coefficient (Wildman–Crippen LogP) is 3.42. The molecule has 0 unspecified atom stereocenters. The Morgan fingerprint density at radius 1 is 1.26 bits per heavy atom. The van der Waals surface area contributed by atoms with Crippen molar-refractivity contribution in [1.82, 2.24) is 20.4 Å². The van der Waals surface area contributed by atoms with Crippen LogP contribution in [-0.2, 0) is 17.8 Å². The number of amides is 1. The molecule has 1 aliphatic heterocycles. The Kier molecular flexibility index (Phi) is 4.30. The lowest BCUT2D eigenvalue weighted by molar-refractivity contribution is -0.122. The molecular formula is C21H22N4OS. The fourth-order valence-electron chi connectivity index (χ4n) is 4.11. The molecule has 3 heterocycles. The average Bonchev–Trinajstić information content (AvgIpc) is 3.44. The summed E-state index contributed by atoms with van der Waals surface area (Å²) in [5.74, 6) is 0.111. The third-order valence-corrected chi connectivity index (χ3v) is 6.21. The van der Waals surface area contributed by atoms with E-state index in [1.165, 1.54) is 35.1 Å². The van der Waals surface area contributed by atoms with Crippen molar-refractivity contribution in [3.8, 4) is 22.5 Å². The van der Waals surface area contributed by atoms with Crippen molar-refractivity contribution < 1.29 is 4.79 Å². The van der Waals surface area contributed by atoms with E-state index in [0.717, 1.165) is 36.5 Å². The molecule has 1 aromatic carbocycles. The van der Waals surface area contributed by atoms with E-state index in [0.29, 0.717) is 13.1 Å². The molecule has 5 rings (SSSR count). The number of nitrogens with one attached hydrogen (secondary N) is 2. The van der Waals surface area contributed by atoms with Crippen LogP contribution in [0.25, 0.3) is 22.5 Å². The number of H-pyrrole nitrogens is 1. The molecular weight excluding hydrogens is 356 g/mol. The van der Waals surface area contributed by atoms with Crippen LogP contribution in [0.5, 0.6) is 0 Å². The van der Waals surface area contributed by atoms with Gasteiger partial charge in [-0.2, -0.15) is 16.4 Å². The fraction of sp³-hybridized carbons (Fsp3) is 0.333. The maximum atomic E-state index is 12.2. The van der Waals surface area contributed by atoms with Gasteiger partial charge in [-0.15, -0.1) is 0 Å². The molecule has 2 N–H and O–H groups in total. The largest absolute Gasteiger partial charge is 0.351 e. The van der Waals surface area contributed by atoms with Crippen molar-refractivity contribution in [2.75, 3.05) is 19.6 Å². The number of hydrogen-bond acceptors (Lipinski definition) is 4. The fourth-order valence-corrected chi connectivity index (χ4v) is 4.75. The second kappa shape index (κ2) is 6.94. The first-order valence-corrected chi connectivity index (χ1v) is 10.4. The first kappa shape index (κ1) is 16.7. The van der Waals surface area contributed by atoms with Crippen LogP contribution in [-0.4, -0.2) is 40.6 Å². The summed E-state index contributed by atoms with van der Waals surface area (Å²) >= 11 is 1.69. The lowest BCUT2D eigenvalue weighted by atomic mass is 10.1.